The molecule has 14 aromatic carbocycles. The van der Waals surface area contributed by atoms with Gasteiger partial charge in [-0.25, -0.2) is 0 Å². The Balaban J connectivity index is 0.849. The predicted molar refractivity (Wildman–Crippen MR) is 401 cm³/mol. The SMILES string of the molecule is O=[As](C1=CC2=C(CC1)C1(c3ccccc3-c3ccccc31)c1cccc3c4ccccc4n2c13)(c1ccc2c(c1)-n1c3ccccc3c3cccc(c31)C21c2ccccc2-c2ccccc21)c1ccc2c(c1)-n1c3ccccc3c3cccc(c31)C21c2ccccc2-c2ccccc21. The van der Waals surface area contributed by atoms with Gasteiger partial charge in [0.25, 0.3) is 0 Å². The minimum absolute atomic E-state index is 0.601. The van der Waals surface area contributed by atoms with E-state index >= 15 is 3.74 Å². The maximum atomic E-state index is 19.6. The van der Waals surface area contributed by atoms with Gasteiger partial charge in [0.15, 0.2) is 0 Å². The van der Waals surface area contributed by atoms with E-state index in [0.717, 1.165) is 46.7 Å². The zero-order chi connectivity index (χ0) is 63.7. The van der Waals surface area contributed by atoms with Crippen LogP contribution in [0.15, 0.2) is 325 Å². The third kappa shape index (κ3) is 5.78. The molecule has 3 spiro atoms. The number of para-hydroxylation sites is 6. The minimum atomic E-state index is -5.11. The number of rotatable bonds is 3. The third-order valence-electron chi connectivity index (χ3n) is 24.5. The van der Waals surface area contributed by atoms with Crippen molar-refractivity contribution in [3.63, 3.8) is 0 Å². The van der Waals surface area contributed by atoms with E-state index in [-0.39, 0.29) is 0 Å². The molecule has 0 amide bonds. The Morgan fingerprint density at radius 2 is 0.571 bits per heavy atom. The number of benzene rings is 14. The van der Waals surface area contributed by atoms with Crippen LogP contribution in [0.25, 0.3) is 116 Å². The molecule has 0 radical (unpaired) electrons. The third-order valence-corrected chi connectivity index (χ3v) is 31.1. The fourth-order valence-corrected chi connectivity index (χ4v) is 27.1. The molecule has 0 fully saturated rings. The molecule has 0 unspecified atom stereocenters. The summed E-state index contributed by atoms with van der Waals surface area (Å²) < 4.78 is 30.0. The summed E-state index contributed by atoms with van der Waals surface area (Å²) in [6, 6.07) is 117. The van der Waals surface area contributed by atoms with E-state index in [0.29, 0.717) is 12.8 Å². The average molecular weight is 1310 g/mol. The molecule has 24 rings (SSSR count). The Hall–Kier alpha value is -11.7. The van der Waals surface area contributed by atoms with Crippen LogP contribution in [0, 0.1) is 0 Å². The Morgan fingerprint density at radius 3 is 0.969 bits per heavy atom. The summed E-state index contributed by atoms with van der Waals surface area (Å²) in [6.45, 7) is 0. The Morgan fingerprint density at radius 1 is 0.265 bits per heavy atom. The molecular formula is C93H56AsN3O. The molecule has 5 heteroatoms. The normalized spacial score (nSPS) is 16.0. The van der Waals surface area contributed by atoms with Gasteiger partial charge in [-0.05, 0) is 0 Å². The van der Waals surface area contributed by atoms with Crippen LogP contribution >= 0.6 is 0 Å². The van der Waals surface area contributed by atoms with Gasteiger partial charge in [0, 0.05) is 0 Å². The molecule has 454 valence electrons. The van der Waals surface area contributed by atoms with Crippen molar-refractivity contribution in [1.82, 2.24) is 13.7 Å². The van der Waals surface area contributed by atoms with Crippen LogP contribution in [0.4, 0.5) is 0 Å². The van der Waals surface area contributed by atoms with Crippen LogP contribution in [0.5, 0.6) is 0 Å². The molecule has 0 saturated carbocycles. The first kappa shape index (κ1) is 52.6. The topological polar surface area (TPSA) is 31.9 Å². The van der Waals surface area contributed by atoms with Gasteiger partial charge in [0.05, 0.1) is 0 Å². The first-order valence-corrected chi connectivity index (χ1v) is 38.1. The Bertz CT molecular complexity index is 6340. The van der Waals surface area contributed by atoms with Crippen molar-refractivity contribution >= 4 is 93.3 Å². The summed E-state index contributed by atoms with van der Waals surface area (Å²) in [7, 11) is 0. The van der Waals surface area contributed by atoms with Gasteiger partial charge < -0.3 is 0 Å². The summed E-state index contributed by atoms with van der Waals surface area (Å²) >= 11 is -5.11. The van der Waals surface area contributed by atoms with E-state index in [9.17, 15) is 0 Å². The second-order valence-corrected chi connectivity index (χ2v) is 34.1. The van der Waals surface area contributed by atoms with Crippen molar-refractivity contribution in [3.05, 3.63) is 387 Å². The van der Waals surface area contributed by atoms with Crippen LogP contribution in [-0.2, 0) is 20.0 Å². The van der Waals surface area contributed by atoms with Crippen LogP contribution in [0.3, 0.4) is 0 Å². The van der Waals surface area contributed by atoms with Gasteiger partial charge in [-0.2, -0.15) is 0 Å². The summed E-state index contributed by atoms with van der Waals surface area (Å²) in [5.41, 5.74) is 31.3. The standard InChI is InChI=1S/C93H56AsN3O/c98-94(55-46-49-76-85(52-55)95-82-43-16-7-28-64(82)67-31-19-40-79(88(67)95)91(76)70-34-10-1-22-58(70)59-23-2-11-35-71(59)91,56-47-50-77-86(53-56)96-83-44-17-8-29-65(83)68-32-20-41-80(89(68)96)92(77)72-36-12-3-24-60(72)61-25-4-13-37-73(61)92)57-48-51-78-87(54-57)97-84-45-18-9-30-66(84)69-33-21-42-81(90(69)97)93(78)74-38-14-5-26-62(74)63-27-6-15-39-75(63)93/h1-47,49-50,52-54H,48,51H2. The fraction of sp³-hybridized carbons (Fsp3) is 0.0538. The number of allylic oxidation sites excluding steroid dienone is 4. The second kappa shape index (κ2) is 18.0. The van der Waals surface area contributed by atoms with Crippen molar-refractivity contribution in [1.29, 1.82) is 0 Å². The van der Waals surface area contributed by atoms with E-state index < -0.39 is 29.7 Å². The van der Waals surface area contributed by atoms with Crippen molar-refractivity contribution in [2.24, 2.45) is 0 Å². The molecule has 0 bridgehead atoms. The van der Waals surface area contributed by atoms with Crippen molar-refractivity contribution < 1.29 is 3.74 Å². The maximum absolute atomic E-state index is 19.6. The Labute approximate surface area is 567 Å². The molecule has 3 aliphatic heterocycles. The number of hydrogen-bond acceptors (Lipinski definition) is 1. The van der Waals surface area contributed by atoms with Crippen LogP contribution in [0.1, 0.15) is 74.0 Å². The average Bonchev–Trinajstić information content (AvgIpc) is 1.46. The van der Waals surface area contributed by atoms with Gasteiger partial charge in [-0.1, -0.05) is 0 Å². The molecule has 98 heavy (non-hydrogen) atoms. The van der Waals surface area contributed by atoms with Gasteiger partial charge in [0.2, 0.25) is 0 Å². The number of nitrogens with zero attached hydrogens (tertiary/aromatic N) is 3. The molecule has 4 nitrogen and oxygen atoms in total. The van der Waals surface area contributed by atoms with E-state index in [1.54, 1.807) is 0 Å². The molecular weight excluding hydrogens is 1250 g/mol. The van der Waals surface area contributed by atoms with E-state index in [4.69, 9.17) is 0 Å². The molecule has 17 aromatic rings. The zero-order valence-corrected chi connectivity index (χ0v) is 55.0. The van der Waals surface area contributed by atoms with Gasteiger partial charge in [-0.3, -0.25) is 0 Å². The second-order valence-electron chi connectivity index (χ2n) is 28.2. The van der Waals surface area contributed by atoms with Crippen LogP contribution < -0.4 is 8.70 Å². The number of fused-ring (bicyclic) bond motifs is 35. The molecule has 0 N–H and O–H groups in total. The van der Waals surface area contributed by atoms with Crippen molar-refractivity contribution in [2.45, 2.75) is 29.1 Å². The van der Waals surface area contributed by atoms with Crippen molar-refractivity contribution in [2.75, 3.05) is 0 Å². The molecule has 7 aliphatic rings. The zero-order valence-electron chi connectivity index (χ0n) is 53.1. The number of hydrogen-bond donors (Lipinski definition) is 0. The Kier molecular flexibility index (Phi) is 9.68. The molecule has 4 aliphatic carbocycles. The van der Waals surface area contributed by atoms with Crippen LogP contribution in [-0.4, -0.2) is 27.2 Å². The molecule has 0 saturated heterocycles. The molecule has 6 heterocycles. The van der Waals surface area contributed by atoms with Gasteiger partial charge in [-0.15, -0.1) is 0 Å². The summed E-state index contributed by atoms with van der Waals surface area (Å²) in [5, 5.41) is 7.29. The predicted octanol–water partition coefficient (Wildman–Crippen LogP) is 20.3. The monoisotopic (exact) mass is 1310 g/mol. The summed E-state index contributed by atoms with van der Waals surface area (Å²) in [4.78, 5) is 0. The fourth-order valence-electron chi connectivity index (χ4n) is 21.1. The summed E-state index contributed by atoms with van der Waals surface area (Å²) in [6.07, 6.45) is 3.79. The first-order valence-electron chi connectivity index (χ1n) is 34.6. The summed E-state index contributed by atoms with van der Waals surface area (Å²) in [5.74, 6) is 0. The van der Waals surface area contributed by atoms with Gasteiger partial charge in [0.1, 0.15) is 0 Å². The molecule has 0 atom stereocenters. The van der Waals surface area contributed by atoms with E-state index in [1.807, 2.05) is 0 Å². The molecule has 3 aromatic heterocycles. The first-order chi connectivity index (χ1) is 48.5. The number of aromatic nitrogens is 3. The van der Waals surface area contributed by atoms with E-state index in [2.05, 4.69) is 329 Å². The van der Waals surface area contributed by atoms with E-state index in [1.165, 1.54) is 149 Å². The quantitative estimate of drug-likeness (QED) is 0.162. The van der Waals surface area contributed by atoms with Gasteiger partial charge >= 0.3 is 571 Å². The van der Waals surface area contributed by atoms with Crippen LogP contribution in [0.2, 0.25) is 0 Å². The van der Waals surface area contributed by atoms with Crippen molar-refractivity contribution in [3.8, 4) is 44.8 Å².